The summed E-state index contributed by atoms with van der Waals surface area (Å²) >= 11 is 0. The van der Waals surface area contributed by atoms with E-state index in [9.17, 15) is 0 Å². The van der Waals surface area contributed by atoms with Gasteiger partial charge in [-0.3, -0.25) is 4.57 Å². The third-order valence-corrected chi connectivity index (χ3v) is 13.7. The number of rotatable bonds is 6. The first-order valence-corrected chi connectivity index (χ1v) is 23.1. The molecular weight excluding hydrogens is 827 g/mol. The Morgan fingerprint density at radius 1 is 0.265 bits per heavy atom. The van der Waals surface area contributed by atoms with Crippen molar-refractivity contribution < 1.29 is 0 Å². The summed E-state index contributed by atoms with van der Waals surface area (Å²) in [6, 6.07) is 84.6. The summed E-state index contributed by atoms with van der Waals surface area (Å²) in [5.74, 6) is 1.76. The minimum Gasteiger partial charge on any atom is -0.307 e. The number of hydrogen-bond donors (Lipinski definition) is 0. The molecule has 0 aliphatic rings. The molecule has 0 fully saturated rings. The quantitative estimate of drug-likeness (QED) is 0.156. The maximum atomic E-state index is 5.44. The molecule has 0 N–H and O–H groups in total. The van der Waals surface area contributed by atoms with Gasteiger partial charge in [0.1, 0.15) is 0 Å². The molecule has 0 bridgehead atoms. The van der Waals surface area contributed by atoms with Gasteiger partial charge in [-0.05, 0) is 91.0 Å². The van der Waals surface area contributed by atoms with E-state index < -0.39 is 0 Å². The van der Waals surface area contributed by atoms with Crippen molar-refractivity contribution in [2.45, 2.75) is 0 Å². The van der Waals surface area contributed by atoms with E-state index in [0.29, 0.717) is 17.6 Å². The normalized spacial score (nSPS) is 11.8. The number of hydrogen-bond acceptors (Lipinski definition) is 3. The average Bonchev–Trinajstić information content (AvgIpc) is 3.95. The zero-order valence-corrected chi connectivity index (χ0v) is 36.8. The van der Waals surface area contributed by atoms with E-state index in [2.05, 4.69) is 221 Å². The Hall–Kier alpha value is -9.19. The Morgan fingerprint density at radius 3 is 1.34 bits per heavy atom. The van der Waals surface area contributed by atoms with Crippen molar-refractivity contribution >= 4 is 75.9 Å². The van der Waals surface area contributed by atoms with Crippen LogP contribution < -0.4 is 0 Å². The van der Waals surface area contributed by atoms with Crippen molar-refractivity contribution in [3.8, 4) is 56.7 Å². The van der Waals surface area contributed by atoms with Gasteiger partial charge in [0.2, 0.25) is 5.95 Å². The molecule has 0 spiro atoms. The number of nitrogens with zero attached hydrogens (tertiary/aromatic N) is 5. The molecule has 3 aromatic heterocycles. The van der Waals surface area contributed by atoms with Gasteiger partial charge in [0.25, 0.3) is 0 Å². The van der Waals surface area contributed by atoms with Crippen molar-refractivity contribution in [3.63, 3.8) is 0 Å². The van der Waals surface area contributed by atoms with E-state index in [0.717, 1.165) is 66.3 Å². The summed E-state index contributed by atoms with van der Waals surface area (Å²) in [5, 5.41) is 12.1. The monoisotopic (exact) mass is 865 g/mol. The Labute approximate surface area is 391 Å². The van der Waals surface area contributed by atoms with Crippen molar-refractivity contribution in [2.75, 3.05) is 0 Å². The molecule has 68 heavy (non-hydrogen) atoms. The van der Waals surface area contributed by atoms with Crippen LogP contribution in [0.5, 0.6) is 0 Å². The first-order valence-electron chi connectivity index (χ1n) is 23.1. The molecule has 5 nitrogen and oxygen atoms in total. The van der Waals surface area contributed by atoms with Crippen LogP contribution >= 0.6 is 0 Å². The molecule has 0 atom stereocenters. The van der Waals surface area contributed by atoms with Crippen LogP contribution in [-0.2, 0) is 0 Å². The minimum absolute atomic E-state index is 0.551. The summed E-state index contributed by atoms with van der Waals surface area (Å²) in [5.41, 5.74) is 11.8. The molecular formula is C63H39N5. The molecule has 316 valence electrons. The van der Waals surface area contributed by atoms with Gasteiger partial charge in [-0.15, -0.1) is 0 Å². The van der Waals surface area contributed by atoms with Gasteiger partial charge in [-0.25, -0.2) is 4.98 Å². The summed E-state index contributed by atoms with van der Waals surface area (Å²) in [7, 11) is 0. The first kappa shape index (κ1) is 38.1. The topological polar surface area (TPSA) is 48.5 Å². The lowest BCUT2D eigenvalue weighted by atomic mass is 9.90. The lowest BCUT2D eigenvalue weighted by molar-refractivity contribution is 0.953. The van der Waals surface area contributed by atoms with Gasteiger partial charge in [-0.1, -0.05) is 200 Å². The van der Waals surface area contributed by atoms with Crippen LogP contribution in [0.15, 0.2) is 237 Å². The predicted molar refractivity (Wildman–Crippen MR) is 283 cm³/mol. The van der Waals surface area contributed by atoms with Crippen LogP contribution in [0, 0.1) is 0 Å². The largest absolute Gasteiger partial charge is 0.307 e. The van der Waals surface area contributed by atoms with Crippen molar-refractivity contribution in [1.29, 1.82) is 0 Å². The van der Waals surface area contributed by atoms with Gasteiger partial charge in [0.05, 0.1) is 22.1 Å². The molecule has 14 aromatic rings. The molecule has 0 amide bonds. The van der Waals surface area contributed by atoms with Crippen LogP contribution in [0.4, 0.5) is 0 Å². The van der Waals surface area contributed by atoms with E-state index in [4.69, 9.17) is 15.0 Å². The maximum absolute atomic E-state index is 5.44. The van der Waals surface area contributed by atoms with E-state index in [1.165, 1.54) is 48.7 Å². The fraction of sp³-hybridized carbons (Fsp3) is 0. The summed E-state index contributed by atoms with van der Waals surface area (Å²) in [4.78, 5) is 16.0. The summed E-state index contributed by atoms with van der Waals surface area (Å²) in [6.45, 7) is 0. The Bertz CT molecular complexity index is 4250. The third kappa shape index (κ3) is 5.86. The zero-order valence-electron chi connectivity index (χ0n) is 36.8. The summed E-state index contributed by atoms with van der Waals surface area (Å²) < 4.78 is 4.73. The second kappa shape index (κ2) is 15.2. The standard InChI is InChI=1S/C63H39N5/c1-4-18-40(19-5-1)41-32-34-43(35-33-41)62-64-61(42-20-6-2-7-21-42)65-63(66-62)68-56-30-16-14-28-51(56)55-39-53(58-52-29-15-17-31-57(52)67(60(58)59(55)68)45-22-8-3-9-23-45)44-36-37-50-48-26-11-10-24-46(48)47-25-12-13-27-49(47)54(50)38-44/h1-39H. The highest BCUT2D eigenvalue weighted by Gasteiger charge is 2.26. The molecule has 0 radical (unpaired) electrons. The summed E-state index contributed by atoms with van der Waals surface area (Å²) in [6.07, 6.45) is 0. The first-order chi connectivity index (χ1) is 33.7. The predicted octanol–water partition coefficient (Wildman–Crippen LogP) is 16.2. The van der Waals surface area contributed by atoms with Crippen LogP contribution in [0.25, 0.3) is 133 Å². The molecule has 11 aromatic carbocycles. The molecule has 14 rings (SSSR count). The Morgan fingerprint density at radius 2 is 0.706 bits per heavy atom. The highest BCUT2D eigenvalue weighted by atomic mass is 15.2. The fourth-order valence-electron chi connectivity index (χ4n) is 10.7. The van der Waals surface area contributed by atoms with Crippen LogP contribution in [-0.4, -0.2) is 24.1 Å². The van der Waals surface area contributed by atoms with E-state index in [-0.39, 0.29) is 0 Å². The van der Waals surface area contributed by atoms with Gasteiger partial charge < -0.3 is 4.57 Å². The van der Waals surface area contributed by atoms with Crippen LogP contribution in [0.3, 0.4) is 0 Å². The van der Waals surface area contributed by atoms with Gasteiger partial charge in [0.15, 0.2) is 11.6 Å². The molecule has 0 aliphatic heterocycles. The molecule has 0 unspecified atom stereocenters. The second-order valence-corrected chi connectivity index (χ2v) is 17.5. The number of para-hydroxylation sites is 3. The van der Waals surface area contributed by atoms with Gasteiger partial charge in [-0.2, -0.15) is 9.97 Å². The van der Waals surface area contributed by atoms with Gasteiger partial charge >= 0.3 is 0 Å². The highest BCUT2D eigenvalue weighted by Crippen LogP contribution is 2.47. The molecule has 0 aliphatic carbocycles. The molecule has 0 saturated carbocycles. The zero-order chi connectivity index (χ0) is 44.7. The number of fused-ring (bicyclic) bond motifs is 13. The van der Waals surface area contributed by atoms with Gasteiger partial charge in [0, 0.05) is 38.4 Å². The molecule has 5 heteroatoms. The van der Waals surface area contributed by atoms with Crippen molar-refractivity contribution in [1.82, 2.24) is 24.1 Å². The maximum Gasteiger partial charge on any atom is 0.238 e. The lowest BCUT2D eigenvalue weighted by Crippen LogP contribution is -2.07. The molecule has 0 saturated heterocycles. The van der Waals surface area contributed by atoms with Crippen LogP contribution in [0.1, 0.15) is 0 Å². The Kier molecular flexibility index (Phi) is 8.52. The van der Waals surface area contributed by atoms with E-state index in [1.54, 1.807) is 0 Å². The number of benzene rings is 11. The average molecular weight is 866 g/mol. The second-order valence-electron chi connectivity index (χ2n) is 17.5. The molecule has 3 heterocycles. The minimum atomic E-state index is 0.551. The number of aromatic nitrogens is 5. The lowest BCUT2D eigenvalue weighted by Gasteiger charge is -2.15. The van der Waals surface area contributed by atoms with E-state index in [1.807, 2.05) is 24.3 Å². The van der Waals surface area contributed by atoms with E-state index >= 15 is 0 Å². The SMILES string of the molecule is c1ccc(-c2ccc(-c3nc(-c4ccccc4)nc(-n4c5ccccc5c5cc(-c6ccc7c8ccccc8c8ccccc8c7c6)c6c7ccccc7n(-c7ccccc7)c6c54)n3)cc2)cc1. The van der Waals surface area contributed by atoms with Crippen molar-refractivity contribution in [2.24, 2.45) is 0 Å². The third-order valence-electron chi connectivity index (χ3n) is 13.7. The van der Waals surface area contributed by atoms with Crippen LogP contribution in [0.2, 0.25) is 0 Å². The highest BCUT2D eigenvalue weighted by molar-refractivity contribution is 6.30. The smallest absolute Gasteiger partial charge is 0.238 e. The Balaban J connectivity index is 1.11. The van der Waals surface area contributed by atoms with Crippen molar-refractivity contribution in [3.05, 3.63) is 237 Å². The fourth-order valence-corrected chi connectivity index (χ4v) is 10.7.